The highest BCUT2D eigenvalue weighted by atomic mass is 16.4. The zero-order chi connectivity index (χ0) is 25.8. The lowest BCUT2D eigenvalue weighted by Gasteiger charge is -2.22. The van der Waals surface area contributed by atoms with Crippen LogP contribution in [0.3, 0.4) is 0 Å². The van der Waals surface area contributed by atoms with E-state index in [0.29, 0.717) is 12.1 Å². The van der Waals surface area contributed by atoms with Gasteiger partial charge in [-0.2, -0.15) is 0 Å². The average Bonchev–Trinajstić information content (AvgIpc) is 3.52. The second-order valence-electron chi connectivity index (χ2n) is 9.91. The first-order valence-electron chi connectivity index (χ1n) is 13.1. The van der Waals surface area contributed by atoms with Gasteiger partial charge >= 0.3 is 0 Å². The second-order valence-corrected chi connectivity index (χ2v) is 9.91. The van der Waals surface area contributed by atoms with Gasteiger partial charge in [-0.05, 0) is 54.2 Å². The molecule has 1 fully saturated rings. The summed E-state index contributed by atoms with van der Waals surface area (Å²) in [6.07, 6.45) is 8.49. The summed E-state index contributed by atoms with van der Waals surface area (Å²) in [5.41, 5.74) is 10.7. The first-order chi connectivity index (χ1) is 18.0. The fourth-order valence-corrected chi connectivity index (χ4v) is 5.41. The molecule has 1 amide bonds. The van der Waals surface area contributed by atoms with Gasteiger partial charge in [-0.1, -0.05) is 73.8 Å². The van der Waals surface area contributed by atoms with Crippen LogP contribution in [-0.4, -0.2) is 38.2 Å². The van der Waals surface area contributed by atoms with Crippen molar-refractivity contribution in [3.8, 4) is 22.3 Å². The quantitative estimate of drug-likeness (QED) is 0.180. The van der Waals surface area contributed by atoms with Gasteiger partial charge in [0.05, 0.1) is 12.2 Å². The van der Waals surface area contributed by atoms with Crippen LogP contribution >= 0.6 is 0 Å². The third-order valence-electron chi connectivity index (χ3n) is 7.45. The molecule has 0 atom stereocenters. The van der Waals surface area contributed by atoms with Crippen LogP contribution in [0.4, 0.5) is 0 Å². The van der Waals surface area contributed by atoms with E-state index in [-0.39, 0.29) is 11.7 Å². The lowest BCUT2D eigenvalue weighted by molar-refractivity contribution is -0.131. The lowest BCUT2D eigenvalue weighted by Crippen LogP contribution is -2.40. The van der Waals surface area contributed by atoms with Crippen molar-refractivity contribution in [2.45, 2.75) is 64.0 Å². The molecule has 2 aliphatic rings. The van der Waals surface area contributed by atoms with Crippen molar-refractivity contribution < 1.29 is 10.0 Å². The van der Waals surface area contributed by atoms with E-state index in [1.807, 2.05) is 65.6 Å². The Hall–Kier alpha value is -4.00. The maximum atomic E-state index is 13.5. The molecule has 2 aromatic carbocycles. The minimum absolute atomic E-state index is 0.0417. The Labute approximate surface area is 217 Å². The number of amides is 1. The van der Waals surface area contributed by atoms with E-state index in [2.05, 4.69) is 12.1 Å². The molecule has 1 saturated carbocycles. The van der Waals surface area contributed by atoms with Crippen molar-refractivity contribution in [1.29, 1.82) is 0 Å². The molecule has 190 valence electrons. The molecule has 1 spiro atoms. The van der Waals surface area contributed by atoms with Gasteiger partial charge in [0.25, 0.3) is 5.91 Å². The number of carbonyl (C=O) groups excluding carboxylic acids is 1. The third kappa shape index (κ3) is 4.86. The number of oxime groups is 1. The molecule has 1 aliphatic carbocycles. The van der Waals surface area contributed by atoms with Crippen LogP contribution in [0.2, 0.25) is 0 Å². The van der Waals surface area contributed by atoms with E-state index in [4.69, 9.17) is 15.7 Å². The number of unbranched alkanes of at least 4 members (excludes halogenated alkanes) is 1. The van der Waals surface area contributed by atoms with Crippen LogP contribution in [0.15, 0.2) is 77.0 Å². The Morgan fingerprint density at radius 3 is 2.49 bits per heavy atom. The van der Waals surface area contributed by atoms with Crippen LogP contribution in [0.25, 0.3) is 22.3 Å². The fourth-order valence-electron chi connectivity index (χ4n) is 5.41. The van der Waals surface area contributed by atoms with Crippen molar-refractivity contribution in [1.82, 2.24) is 9.88 Å². The van der Waals surface area contributed by atoms with E-state index in [1.54, 1.807) is 6.20 Å². The Bertz CT molecular complexity index is 1330. The Morgan fingerprint density at radius 1 is 1.05 bits per heavy atom. The summed E-state index contributed by atoms with van der Waals surface area (Å²) in [7, 11) is 0. The molecule has 0 radical (unpaired) electrons. The molecule has 7 nitrogen and oxygen atoms in total. The van der Waals surface area contributed by atoms with E-state index >= 15 is 0 Å². The lowest BCUT2D eigenvalue weighted by atomic mass is 9.94. The SMILES string of the molecule is CCCCC1=NC2(CCCC2)C(=O)N1Cc1ccc(-c2cc(-c3ccccc3)ccc2C(N)=NO)cn1. The number of nitrogens with zero attached hydrogens (tertiary/aromatic N) is 4. The molecule has 2 heterocycles. The maximum Gasteiger partial charge on any atom is 0.256 e. The molecule has 5 rings (SSSR count). The van der Waals surface area contributed by atoms with Gasteiger partial charge in [0.1, 0.15) is 11.4 Å². The second kappa shape index (κ2) is 10.5. The van der Waals surface area contributed by atoms with Crippen molar-refractivity contribution >= 4 is 17.6 Å². The summed E-state index contributed by atoms with van der Waals surface area (Å²) in [5, 5.41) is 12.6. The van der Waals surface area contributed by atoms with Gasteiger partial charge in [0, 0.05) is 23.7 Å². The number of nitrogens with two attached hydrogens (primary N) is 1. The van der Waals surface area contributed by atoms with Crippen molar-refractivity contribution in [2.24, 2.45) is 15.9 Å². The Morgan fingerprint density at radius 2 is 1.81 bits per heavy atom. The summed E-state index contributed by atoms with van der Waals surface area (Å²) in [6, 6.07) is 19.9. The number of hydrogen-bond donors (Lipinski definition) is 2. The number of aliphatic imine (C=N–C) groups is 1. The number of pyridine rings is 1. The Kier molecular flexibility index (Phi) is 7.04. The van der Waals surface area contributed by atoms with E-state index in [0.717, 1.165) is 78.7 Å². The van der Waals surface area contributed by atoms with E-state index < -0.39 is 5.54 Å². The molecule has 0 saturated heterocycles. The molecule has 1 aromatic heterocycles. The maximum absolute atomic E-state index is 13.5. The van der Waals surface area contributed by atoms with Gasteiger partial charge in [-0.15, -0.1) is 0 Å². The largest absolute Gasteiger partial charge is 0.409 e. The van der Waals surface area contributed by atoms with E-state index in [9.17, 15) is 10.0 Å². The minimum Gasteiger partial charge on any atom is -0.409 e. The van der Waals surface area contributed by atoms with Gasteiger partial charge < -0.3 is 10.9 Å². The number of benzene rings is 2. The average molecular weight is 496 g/mol. The zero-order valence-electron chi connectivity index (χ0n) is 21.2. The van der Waals surface area contributed by atoms with Gasteiger partial charge in [-0.3, -0.25) is 19.7 Å². The Balaban J connectivity index is 1.43. The predicted octanol–water partition coefficient (Wildman–Crippen LogP) is 5.75. The number of rotatable bonds is 8. The smallest absolute Gasteiger partial charge is 0.256 e. The normalized spacial score (nSPS) is 17.0. The molecular formula is C30H33N5O2. The molecular weight excluding hydrogens is 462 g/mol. The van der Waals surface area contributed by atoms with Crippen LogP contribution in [0, 0.1) is 0 Å². The molecule has 0 unspecified atom stereocenters. The number of carbonyl (C=O) groups is 1. The fraction of sp³-hybridized carbons (Fsp3) is 0.333. The van der Waals surface area contributed by atoms with Gasteiger partial charge in [-0.25, -0.2) is 0 Å². The number of hydrogen-bond acceptors (Lipinski definition) is 5. The first kappa shape index (κ1) is 24.7. The standard InChI is InChI=1S/C30H33N5O2/c1-2-3-11-27-33-30(16-7-8-17-30)29(36)35(27)20-24-14-12-23(19-32-24)26-18-22(21-9-5-4-6-10-21)13-15-25(26)28(31)34-37/h4-6,9-10,12-15,18-19,37H,2-3,7-8,11,16-17,20H2,1H3,(H2,31,34). The molecule has 3 aromatic rings. The summed E-state index contributed by atoms with van der Waals surface area (Å²) in [5.74, 6) is 1.08. The number of aromatic nitrogens is 1. The molecule has 0 bridgehead atoms. The number of amidine groups is 2. The summed E-state index contributed by atoms with van der Waals surface area (Å²) >= 11 is 0. The molecule has 7 heteroatoms. The summed E-state index contributed by atoms with van der Waals surface area (Å²) < 4.78 is 0. The molecule has 37 heavy (non-hydrogen) atoms. The van der Waals surface area contributed by atoms with Crippen molar-refractivity contribution in [2.75, 3.05) is 0 Å². The third-order valence-corrected chi connectivity index (χ3v) is 7.45. The zero-order valence-corrected chi connectivity index (χ0v) is 21.2. The summed E-state index contributed by atoms with van der Waals surface area (Å²) in [4.78, 5) is 25.0. The van der Waals surface area contributed by atoms with Crippen LogP contribution in [0.1, 0.15) is 63.1 Å². The van der Waals surface area contributed by atoms with E-state index in [1.165, 1.54) is 0 Å². The highest BCUT2D eigenvalue weighted by molar-refractivity contribution is 6.08. The minimum atomic E-state index is -0.545. The molecule has 1 aliphatic heterocycles. The van der Waals surface area contributed by atoms with Crippen LogP contribution < -0.4 is 5.73 Å². The summed E-state index contributed by atoms with van der Waals surface area (Å²) in [6.45, 7) is 2.57. The van der Waals surface area contributed by atoms with Gasteiger partial charge in [0.2, 0.25) is 0 Å². The highest BCUT2D eigenvalue weighted by Gasteiger charge is 2.49. The highest BCUT2D eigenvalue weighted by Crippen LogP contribution is 2.40. The van der Waals surface area contributed by atoms with Gasteiger partial charge in [0.15, 0.2) is 5.84 Å². The topological polar surface area (TPSA) is 104 Å². The first-order valence-corrected chi connectivity index (χ1v) is 13.1. The van der Waals surface area contributed by atoms with Crippen LogP contribution in [0.5, 0.6) is 0 Å². The monoisotopic (exact) mass is 495 g/mol. The van der Waals surface area contributed by atoms with Crippen LogP contribution in [-0.2, 0) is 11.3 Å². The molecule has 3 N–H and O–H groups in total. The predicted molar refractivity (Wildman–Crippen MR) is 146 cm³/mol. The van der Waals surface area contributed by atoms with Crippen molar-refractivity contribution in [3.63, 3.8) is 0 Å². The van der Waals surface area contributed by atoms with Crippen molar-refractivity contribution in [3.05, 3.63) is 78.1 Å².